The van der Waals surface area contributed by atoms with Gasteiger partial charge in [-0.15, -0.1) is 0 Å². The van der Waals surface area contributed by atoms with Crippen LogP contribution in [0.4, 0.5) is 0 Å². The molecule has 0 aliphatic carbocycles. The van der Waals surface area contributed by atoms with Gasteiger partial charge in [0.2, 0.25) is 5.91 Å². The number of H-pyrrole nitrogens is 1. The molecule has 3 aliphatic heterocycles. The zero-order valence-corrected chi connectivity index (χ0v) is 15.6. The average molecular weight is 353 g/mol. The Hall–Kier alpha value is -2.14. The molecule has 3 fully saturated rings. The van der Waals surface area contributed by atoms with Gasteiger partial charge in [0.1, 0.15) is 0 Å². The first kappa shape index (κ1) is 17.3. The Balaban J connectivity index is 1.60. The highest BCUT2D eigenvalue weighted by Gasteiger charge is 2.40. The quantitative estimate of drug-likeness (QED) is 0.919. The van der Waals surface area contributed by atoms with Gasteiger partial charge in [-0.05, 0) is 49.8 Å². The molecule has 1 amide bonds. The van der Waals surface area contributed by atoms with Gasteiger partial charge >= 0.3 is 0 Å². The van der Waals surface area contributed by atoms with Crippen LogP contribution in [0.3, 0.4) is 0 Å². The Morgan fingerprint density at radius 1 is 1.15 bits per heavy atom. The largest absolute Gasteiger partial charge is 0.338 e. The van der Waals surface area contributed by atoms with Crippen LogP contribution < -0.4 is 5.56 Å². The lowest BCUT2D eigenvalue weighted by atomic mass is 9.94. The lowest BCUT2D eigenvalue weighted by Crippen LogP contribution is -2.48. The van der Waals surface area contributed by atoms with Crippen LogP contribution >= 0.6 is 0 Å². The molecule has 5 heteroatoms. The molecule has 3 aliphatic rings. The van der Waals surface area contributed by atoms with Gasteiger partial charge in [-0.3, -0.25) is 14.5 Å². The van der Waals surface area contributed by atoms with E-state index in [1.54, 1.807) is 0 Å². The molecule has 26 heavy (non-hydrogen) atoms. The monoisotopic (exact) mass is 353 g/mol. The van der Waals surface area contributed by atoms with Gasteiger partial charge in [-0.2, -0.15) is 0 Å². The number of aromatic nitrogens is 1. The van der Waals surface area contributed by atoms with Crippen molar-refractivity contribution in [3.63, 3.8) is 0 Å². The fourth-order valence-corrected chi connectivity index (χ4v) is 4.52. The molecule has 0 spiro atoms. The second kappa shape index (κ2) is 6.88. The maximum Gasteiger partial charge on any atom is 0.252 e. The molecule has 2 atom stereocenters. The summed E-state index contributed by atoms with van der Waals surface area (Å²) in [5, 5.41) is 1.07. The lowest BCUT2D eigenvalue weighted by molar-refractivity contribution is -0.139. The van der Waals surface area contributed by atoms with Gasteiger partial charge in [-0.25, -0.2) is 0 Å². The molecule has 1 N–H and O–H groups in total. The van der Waals surface area contributed by atoms with Crippen molar-refractivity contribution in [2.45, 2.75) is 45.7 Å². The van der Waals surface area contributed by atoms with Crippen LogP contribution in [0.5, 0.6) is 0 Å². The van der Waals surface area contributed by atoms with Crippen molar-refractivity contribution in [2.75, 3.05) is 19.6 Å². The van der Waals surface area contributed by atoms with Crippen molar-refractivity contribution in [1.82, 2.24) is 14.8 Å². The minimum absolute atomic E-state index is 0.0188. The van der Waals surface area contributed by atoms with E-state index in [-0.39, 0.29) is 11.5 Å². The molecule has 0 saturated carbocycles. The molecule has 3 saturated heterocycles. The number of piperidine rings is 1. The van der Waals surface area contributed by atoms with Crippen molar-refractivity contribution >= 4 is 16.8 Å². The van der Waals surface area contributed by atoms with Crippen LogP contribution in [0.2, 0.25) is 0 Å². The standard InChI is InChI=1S/C21H27N3O2/c1-3-8-24-18-6-5-15(21(24)26)11-23(13-18)12-17-10-16-9-14(2)4-7-19(16)22-20(17)25/h4,7,9-10,15,18H,3,5-6,8,11-13H2,1-2H3,(H,22,25)/t15-,18+/m0/s1. The third-order valence-electron chi connectivity index (χ3n) is 5.80. The predicted molar refractivity (Wildman–Crippen MR) is 103 cm³/mol. The molecule has 1 aromatic heterocycles. The summed E-state index contributed by atoms with van der Waals surface area (Å²) in [6.45, 7) is 7.28. The minimum atomic E-state index is -0.0188. The summed E-state index contributed by atoms with van der Waals surface area (Å²) in [7, 11) is 0. The van der Waals surface area contributed by atoms with Gasteiger partial charge in [0.15, 0.2) is 0 Å². The lowest BCUT2D eigenvalue weighted by Gasteiger charge is -2.35. The van der Waals surface area contributed by atoms with Crippen LogP contribution in [0.15, 0.2) is 29.1 Å². The fourth-order valence-electron chi connectivity index (χ4n) is 4.52. The molecule has 138 valence electrons. The van der Waals surface area contributed by atoms with Crippen LogP contribution in [-0.4, -0.2) is 46.4 Å². The van der Waals surface area contributed by atoms with Crippen molar-refractivity contribution in [3.05, 3.63) is 45.7 Å². The number of hydrogen-bond donors (Lipinski definition) is 1. The SMILES string of the molecule is CCCN1C(=O)[C@H]2CC[C@@H]1CN(Cc1cc3cc(C)ccc3[nH]c1=O)C2. The Labute approximate surface area is 154 Å². The summed E-state index contributed by atoms with van der Waals surface area (Å²) in [5.41, 5.74) is 2.84. The first-order valence-electron chi connectivity index (χ1n) is 9.70. The Morgan fingerprint density at radius 2 is 2.00 bits per heavy atom. The van der Waals surface area contributed by atoms with Crippen LogP contribution in [-0.2, 0) is 11.3 Å². The van der Waals surface area contributed by atoms with Crippen molar-refractivity contribution in [2.24, 2.45) is 5.92 Å². The highest BCUT2D eigenvalue weighted by molar-refractivity contribution is 5.81. The third kappa shape index (κ3) is 3.16. The Kier molecular flexibility index (Phi) is 4.57. The van der Waals surface area contributed by atoms with Crippen LogP contribution in [0.25, 0.3) is 10.9 Å². The van der Waals surface area contributed by atoms with Gasteiger partial charge in [0.05, 0.1) is 5.92 Å². The molecular formula is C21H27N3O2. The number of amides is 1. The number of nitrogens with one attached hydrogen (secondary N) is 1. The maximum absolute atomic E-state index is 12.7. The number of aryl methyl sites for hydroxylation is 1. The van der Waals surface area contributed by atoms with E-state index in [2.05, 4.69) is 34.7 Å². The molecule has 0 radical (unpaired) electrons. The summed E-state index contributed by atoms with van der Waals surface area (Å²) in [5.74, 6) is 0.399. The van der Waals surface area contributed by atoms with Gasteiger partial charge < -0.3 is 9.88 Å². The number of rotatable bonds is 4. The number of benzene rings is 1. The number of nitrogens with zero attached hydrogens (tertiary/aromatic N) is 2. The van der Waals surface area contributed by atoms with Gasteiger partial charge in [0, 0.05) is 43.3 Å². The topological polar surface area (TPSA) is 56.4 Å². The van der Waals surface area contributed by atoms with Crippen LogP contribution in [0, 0.1) is 12.8 Å². The van der Waals surface area contributed by atoms with E-state index in [0.29, 0.717) is 18.5 Å². The highest BCUT2D eigenvalue weighted by atomic mass is 16.2. The second-order valence-corrected chi connectivity index (χ2v) is 7.87. The number of aromatic amines is 1. The first-order valence-corrected chi connectivity index (χ1v) is 9.70. The molecule has 2 bridgehead atoms. The number of carbonyl (C=O) groups is 1. The van der Waals surface area contributed by atoms with E-state index in [1.807, 2.05) is 18.2 Å². The number of carbonyl (C=O) groups excluding carboxylic acids is 1. The van der Waals surface area contributed by atoms with Crippen molar-refractivity contribution in [1.29, 1.82) is 0 Å². The van der Waals surface area contributed by atoms with Gasteiger partial charge in [0.25, 0.3) is 5.56 Å². The normalized spacial score (nSPS) is 23.6. The van der Waals surface area contributed by atoms with E-state index < -0.39 is 0 Å². The molecule has 1 aromatic carbocycles. The Morgan fingerprint density at radius 3 is 2.81 bits per heavy atom. The number of hydrogen-bond acceptors (Lipinski definition) is 3. The van der Waals surface area contributed by atoms with Crippen molar-refractivity contribution < 1.29 is 4.79 Å². The molecule has 5 rings (SSSR count). The Bertz CT molecular complexity index is 888. The molecule has 4 heterocycles. The summed E-state index contributed by atoms with van der Waals surface area (Å²) in [6, 6.07) is 8.39. The number of fused-ring (bicyclic) bond motifs is 5. The van der Waals surface area contributed by atoms with Crippen LogP contribution in [0.1, 0.15) is 37.3 Å². The summed E-state index contributed by atoms with van der Waals surface area (Å²) in [4.78, 5) is 32.6. The molecular weight excluding hydrogens is 326 g/mol. The van der Waals surface area contributed by atoms with Crippen molar-refractivity contribution in [3.8, 4) is 0 Å². The maximum atomic E-state index is 12.7. The van der Waals surface area contributed by atoms with E-state index >= 15 is 0 Å². The predicted octanol–water partition coefficient (Wildman–Crippen LogP) is 2.67. The fraction of sp³-hybridized carbons (Fsp3) is 0.524. The van der Waals surface area contributed by atoms with E-state index in [0.717, 1.165) is 55.4 Å². The molecule has 0 unspecified atom stereocenters. The van der Waals surface area contributed by atoms with E-state index in [9.17, 15) is 9.59 Å². The zero-order valence-electron chi connectivity index (χ0n) is 15.6. The first-order chi connectivity index (χ1) is 12.5. The third-order valence-corrected chi connectivity index (χ3v) is 5.80. The minimum Gasteiger partial charge on any atom is -0.338 e. The zero-order chi connectivity index (χ0) is 18.3. The van der Waals surface area contributed by atoms with E-state index in [1.165, 1.54) is 5.56 Å². The second-order valence-electron chi connectivity index (χ2n) is 7.87. The van der Waals surface area contributed by atoms with E-state index in [4.69, 9.17) is 0 Å². The summed E-state index contributed by atoms with van der Waals surface area (Å²) >= 11 is 0. The summed E-state index contributed by atoms with van der Waals surface area (Å²) in [6.07, 6.45) is 3.06. The average Bonchev–Trinajstić information content (AvgIpc) is 2.88. The summed E-state index contributed by atoms with van der Waals surface area (Å²) < 4.78 is 0. The molecule has 2 aromatic rings. The van der Waals surface area contributed by atoms with Gasteiger partial charge in [-0.1, -0.05) is 18.6 Å². The molecule has 5 nitrogen and oxygen atoms in total. The highest BCUT2D eigenvalue weighted by Crippen LogP contribution is 2.30. The number of pyridine rings is 1. The smallest absolute Gasteiger partial charge is 0.252 e.